The molecule has 2 fully saturated rings. The van der Waals surface area contributed by atoms with Crippen LogP contribution in [0.1, 0.15) is 65.9 Å². The Labute approximate surface area is 194 Å². The average molecular weight is 464 g/mol. The highest BCUT2D eigenvalue weighted by Gasteiger charge is 2.48. The molecule has 2 aliphatic heterocycles. The number of para-hydroxylation sites is 1. The van der Waals surface area contributed by atoms with E-state index in [2.05, 4.69) is 31.0 Å². The van der Waals surface area contributed by atoms with E-state index in [-0.39, 0.29) is 28.5 Å². The van der Waals surface area contributed by atoms with Gasteiger partial charge in [0.25, 0.3) is 0 Å². The molecule has 1 aromatic rings. The van der Waals surface area contributed by atoms with E-state index in [9.17, 15) is 13.2 Å². The van der Waals surface area contributed by atoms with Crippen molar-refractivity contribution in [3.63, 3.8) is 0 Å². The zero-order valence-corrected chi connectivity index (χ0v) is 21.3. The first-order chi connectivity index (χ1) is 15.0. The van der Waals surface area contributed by atoms with Crippen LogP contribution in [0.4, 0.5) is 5.69 Å². The van der Waals surface area contributed by atoms with Gasteiger partial charge in [0.15, 0.2) is 0 Å². The summed E-state index contributed by atoms with van der Waals surface area (Å²) in [7, 11) is -3.28. The summed E-state index contributed by atoms with van der Waals surface area (Å²) in [6.45, 7) is 12.8. The number of hydrogen-bond acceptors (Lipinski definition) is 4. The predicted molar refractivity (Wildman–Crippen MR) is 131 cm³/mol. The van der Waals surface area contributed by atoms with Crippen LogP contribution in [-0.2, 0) is 21.2 Å². The van der Waals surface area contributed by atoms with Crippen LogP contribution in [0.15, 0.2) is 24.3 Å². The predicted octanol–water partition coefficient (Wildman–Crippen LogP) is 4.13. The Kier molecular flexibility index (Phi) is 7.73. The van der Waals surface area contributed by atoms with E-state index in [4.69, 9.17) is 0 Å². The number of benzene rings is 1. The van der Waals surface area contributed by atoms with E-state index in [0.29, 0.717) is 13.1 Å². The number of carbonyl (C=O) groups excluding carboxylic acids is 1. The molecule has 7 heteroatoms. The number of nitrogens with one attached hydrogen (secondary N) is 1. The van der Waals surface area contributed by atoms with Crippen molar-refractivity contribution in [3.05, 3.63) is 29.8 Å². The minimum Gasteiger partial charge on any atom is -0.325 e. The summed E-state index contributed by atoms with van der Waals surface area (Å²) in [5.41, 5.74) is 1.74. The molecule has 0 aromatic heterocycles. The highest BCUT2D eigenvalue weighted by Crippen LogP contribution is 2.46. The summed E-state index contributed by atoms with van der Waals surface area (Å²) < 4.78 is 28.1. The number of likely N-dealkylation sites (tertiary alicyclic amines) is 1. The Morgan fingerprint density at radius 2 is 1.75 bits per heavy atom. The van der Waals surface area contributed by atoms with Crippen molar-refractivity contribution in [2.45, 2.75) is 72.3 Å². The monoisotopic (exact) mass is 463 g/mol. The Bertz CT molecular complexity index is 903. The molecule has 0 saturated carbocycles. The first-order valence-corrected chi connectivity index (χ1v) is 13.7. The molecular weight excluding hydrogens is 422 g/mol. The maximum absolute atomic E-state index is 13.1. The van der Waals surface area contributed by atoms with Gasteiger partial charge < -0.3 is 5.32 Å². The molecule has 1 aromatic carbocycles. The first-order valence-electron chi connectivity index (χ1n) is 12.1. The SMILES string of the molecule is CCc1ccccc1NC(=O)CN1CCC2(CC1)CCC(C)(C)N(S(=O)(=O)CC(C)C)C2. The zero-order valence-electron chi connectivity index (χ0n) is 20.5. The van der Waals surface area contributed by atoms with Gasteiger partial charge in [0.05, 0.1) is 12.3 Å². The van der Waals surface area contributed by atoms with Crippen molar-refractivity contribution in [2.24, 2.45) is 11.3 Å². The molecular formula is C25H41N3O3S. The van der Waals surface area contributed by atoms with Crippen LogP contribution >= 0.6 is 0 Å². The van der Waals surface area contributed by atoms with Crippen molar-refractivity contribution in [1.29, 1.82) is 0 Å². The van der Waals surface area contributed by atoms with E-state index in [1.165, 1.54) is 0 Å². The Hall–Kier alpha value is -1.44. The van der Waals surface area contributed by atoms with Crippen LogP contribution < -0.4 is 5.32 Å². The topological polar surface area (TPSA) is 69.7 Å². The summed E-state index contributed by atoms with van der Waals surface area (Å²) in [4.78, 5) is 14.9. The van der Waals surface area contributed by atoms with Gasteiger partial charge in [-0.15, -0.1) is 0 Å². The summed E-state index contributed by atoms with van der Waals surface area (Å²) in [6, 6.07) is 7.94. The number of amides is 1. The molecule has 2 heterocycles. The Morgan fingerprint density at radius 1 is 1.09 bits per heavy atom. The fourth-order valence-electron chi connectivity index (χ4n) is 5.22. The minimum absolute atomic E-state index is 0.0211. The Morgan fingerprint density at radius 3 is 2.38 bits per heavy atom. The maximum atomic E-state index is 13.1. The molecule has 1 N–H and O–H groups in total. The molecule has 1 amide bonds. The molecule has 0 unspecified atom stereocenters. The summed E-state index contributed by atoms with van der Waals surface area (Å²) in [6.07, 6.45) is 4.71. The maximum Gasteiger partial charge on any atom is 0.238 e. The largest absolute Gasteiger partial charge is 0.325 e. The molecule has 6 nitrogen and oxygen atoms in total. The lowest BCUT2D eigenvalue weighted by Crippen LogP contribution is -2.59. The van der Waals surface area contributed by atoms with Crippen LogP contribution in [0.3, 0.4) is 0 Å². The van der Waals surface area contributed by atoms with E-state index in [1.54, 1.807) is 4.31 Å². The lowest BCUT2D eigenvalue weighted by molar-refractivity contribution is -0.118. The summed E-state index contributed by atoms with van der Waals surface area (Å²) >= 11 is 0. The minimum atomic E-state index is -3.28. The number of sulfonamides is 1. The molecule has 0 radical (unpaired) electrons. The van der Waals surface area contributed by atoms with Crippen LogP contribution in [0.2, 0.25) is 0 Å². The van der Waals surface area contributed by atoms with Crippen molar-refractivity contribution in [3.8, 4) is 0 Å². The molecule has 2 saturated heterocycles. The van der Waals surface area contributed by atoms with Crippen LogP contribution in [-0.4, -0.2) is 61.0 Å². The smallest absolute Gasteiger partial charge is 0.238 e. The zero-order chi connectivity index (χ0) is 23.6. The van der Waals surface area contributed by atoms with Gasteiger partial charge in [-0.05, 0) is 82.0 Å². The van der Waals surface area contributed by atoms with E-state index >= 15 is 0 Å². The highest BCUT2D eigenvalue weighted by molar-refractivity contribution is 7.89. The second kappa shape index (κ2) is 9.82. The van der Waals surface area contributed by atoms with Gasteiger partial charge in [-0.1, -0.05) is 39.0 Å². The summed E-state index contributed by atoms with van der Waals surface area (Å²) in [5, 5.41) is 3.07. The van der Waals surface area contributed by atoms with Gasteiger partial charge >= 0.3 is 0 Å². The number of anilines is 1. The van der Waals surface area contributed by atoms with Gasteiger partial charge in [-0.3, -0.25) is 9.69 Å². The van der Waals surface area contributed by atoms with Crippen molar-refractivity contribution in [1.82, 2.24) is 9.21 Å². The van der Waals surface area contributed by atoms with Crippen molar-refractivity contribution in [2.75, 3.05) is 37.2 Å². The van der Waals surface area contributed by atoms with Gasteiger partial charge in [0, 0.05) is 17.8 Å². The first kappa shape index (κ1) is 25.2. The van der Waals surface area contributed by atoms with Gasteiger partial charge in [0.1, 0.15) is 0 Å². The normalized spacial score (nSPS) is 21.7. The standard InChI is InChI=1S/C25H41N3O3S/c1-6-21-9-7-8-10-22(21)26-23(29)17-27-15-13-25(14-16-27)12-11-24(4,5)28(19-25)32(30,31)18-20(2)3/h7-10,20H,6,11-19H2,1-5H3,(H,26,29). The molecule has 0 atom stereocenters. The van der Waals surface area contributed by atoms with Crippen molar-refractivity contribution >= 4 is 21.6 Å². The van der Waals surface area contributed by atoms with Crippen LogP contribution in [0.5, 0.6) is 0 Å². The van der Waals surface area contributed by atoms with E-state index in [0.717, 1.165) is 56.4 Å². The number of carbonyl (C=O) groups is 1. The molecule has 3 rings (SSSR count). The summed E-state index contributed by atoms with van der Waals surface area (Å²) in [5.74, 6) is 0.345. The van der Waals surface area contributed by atoms with E-state index in [1.807, 2.05) is 38.1 Å². The lowest BCUT2D eigenvalue weighted by atomic mass is 9.69. The molecule has 0 aliphatic carbocycles. The molecule has 1 spiro atoms. The van der Waals surface area contributed by atoms with Crippen LogP contribution in [0, 0.1) is 11.3 Å². The molecule has 2 aliphatic rings. The molecule has 0 bridgehead atoms. The number of piperidine rings is 2. The third-order valence-electron chi connectivity index (χ3n) is 7.26. The molecule has 180 valence electrons. The fraction of sp³-hybridized carbons (Fsp3) is 0.720. The number of nitrogens with zero attached hydrogens (tertiary/aromatic N) is 2. The van der Waals surface area contributed by atoms with E-state index < -0.39 is 10.0 Å². The lowest BCUT2D eigenvalue weighted by Gasteiger charge is -2.53. The number of hydrogen-bond donors (Lipinski definition) is 1. The van der Waals surface area contributed by atoms with Gasteiger partial charge in [-0.25, -0.2) is 8.42 Å². The molecule has 32 heavy (non-hydrogen) atoms. The van der Waals surface area contributed by atoms with Crippen molar-refractivity contribution < 1.29 is 13.2 Å². The average Bonchev–Trinajstić information content (AvgIpc) is 2.71. The fourth-order valence-corrected chi connectivity index (χ4v) is 7.55. The highest BCUT2D eigenvalue weighted by atomic mass is 32.2. The third kappa shape index (κ3) is 5.91. The second-order valence-electron chi connectivity index (χ2n) is 10.8. The Balaban J connectivity index is 1.60. The van der Waals surface area contributed by atoms with Crippen LogP contribution in [0.25, 0.3) is 0 Å². The van der Waals surface area contributed by atoms with Gasteiger partial charge in [0.2, 0.25) is 15.9 Å². The second-order valence-corrected chi connectivity index (χ2v) is 12.8. The quantitative estimate of drug-likeness (QED) is 0.660. The third-order valence-corrected chi connectivity index (χ3v) is 9.64. The number of rotatable bonds is 7. The number of aryl methyl sites for hydroxylation is 1. The van der Waals surface area contributed by atoms with Gasteiger partial charge in [-0.2, -0.15) is 4.31 Å².